The van der Waals surface area contributed by atoms with Gasteiger partial charge in [0, 0.05) is 44.9 Å². The van der Waals surface area contributed by atoms with E-state index < -0.39 is 18.2 Å². The van der Waals surface area contributed by atoms with E-state index in [0.717, 1.165) is 38.4 Å². The third-order valence-corrected chi connectivity index (χ3v) is 6.70. The summed E-state index contributed by atoms with van der Waals surface area (Å²) in [6, 6.07) is 2.79. The molecule has 2 saturated heterocycles. The van der Waals surface area contributed by atoms with Gasteiger partial charge in [-0.1, -0.05) is 0 Å². The van der Waals surface area contributed by atoms with Crippen molar-refractivity contribution in [3.8, 4) is 17.2 Å². The Balaban J connectivity index is 1.31. The summed E-state index contributed by atoms with van der Waals surface area (Å²) in [5.41, 5.74) is -0.0484. The third-order valence-electron chi connectivity index (χ3n) is 6.70. The molecule has 40 heavy (non-hydrogen) atoms. The van der Waals surface area contributed by atoms with E-state index in [-0.39, 0.29) is 40.9 Å². The van der Waals surface area contributed by atoms with Crippen LogP contribution in [0.2, 0.25) is 0 Å². The predicted octanol–water partition coefficient (Wildman–Crippen LogP) is 3.04. The van der Waals surface area contributed by atoms with Crippen molar-refractivity contribution in [1.29, 1.82) is 0 Å². The molecule has 1 amide bonds. The van der Waals surface area contributed by atoms with Crippen LogP contribution in [0.15, 0.2) is 24.5 Å². The number of hydrogen-bond donors (Lipinski definition) is 2. The number of aromatic nitrogens is 4. The summed E-state index contributed by atoms with van der Waals surface area (Å²) in [6.45, 7) is 2.84. The summed E-state index contributed by atoms with van der Waals surface area (Å²) in [7, 11) is 2.55. The zero-order chi connectivity index (χ0) is 28.1. The molecule has 2 aromatic heterocycles. The maximum absolute atomic E-state index is 14.6. The van der Waals surface area contributed by atoms with Gasteiger partial charge in [0.1, 0.15) is 12.4 Å². The van der Waals surface area contributed by atoms with Crippen molar-refractivity contribution < 1.29 is 32.5 Å². The van der Waals surface area contributed by atoms with Gasteiger partial charge < -0.3 is 34.5 Å². The van der Waals surface area contributed by atoms with Crippen molar-refractivity contribution in [2.45, 2.75) is 32.1 Å². The van der Waals surface area contributed by atoms with Gasteiger partial charge >= 0.3 is 0 Å². The number of halogens is 2. The first kappa shape index (κ1) is 27.5. The number of piperazine rings is 1. The Morgan fingerprint density at radius 1 is 1.10 bits per heavy atom. The molecule has 0 saturated carbocycles. The highest BCUT2D eigenvalue weighted by molar-refractivity contribution is 5.93. The molecule has 1 unspecified atom stereocenters. The minimum atomic E-state index is -0.885. The summed E-state index contributed by atoms with van der Waals surface area (Å²) in [5, 5.41) is 10.9. The Bertz CT molecular complexity index is 1300. The zero-order valence-corrected chi connectivity index (χ0v) is 22.3. The van der Waals surface area contributed by atoms with Crippen molar-refractivity contribution in [1.82, 2.24) is 30.0 Å². The number of methoxy groups -OCH3 is 2. The molecular formula is C26H31F2N7O5. The standard InChI is InChI=1S/C26H31F2N7O5/c1-37-19-12-20(38-2)24(28)17(23(19)27)15-40-16-13-30-26(31-14-16)32-21-11-18(25(36)34-8-6-29-7-9-34)33-35(21)22-5-3-4-10-39-22/h11-14,22,29H,3-10,15H2,1-2H3,(H,30,31,32). The van der Waals surface area contributed by atoms with Crippen LogP contribution in [-0.2, 0) is 11.3 Å². The molecule has 0 spiro atoms. The van der Waals surface area contributed by atoms with E-state index >= 15 is 0 Å². The van der Waals surface area contributed by atoms with Crippen molar-refractivity contribution >= 4 is 17.7 Å². The van der Waals surface area contributed by atoms with Crippen molar-refractivity contribution in [3.63, 3.8) is 0 Å². The molecule has 2 aliphatic rings. The van der Waals surface area contributed by atoms with E-state index in [9.17, 15) is 13.6 Å². The smallest absolute Gasteiger partial charge is 0.274 e. The quantitative estimate of drug-likeness (QED) is 0.404. The first-order valence-electron chi connectivity index (χ1n) is 13.0. The van der Waals surface area contributed by atoms with Crippen LogP contribution in [0.3, 0.4) is 0 Å². The molecule has 3 aromatic rings. The van der Waals surface area contributed by atoms with E-state index in [4.69, 9.17) is 18.9 Å². The molecule has 214 valence electrons. The Morgan fingerprint density at radius 2 is 1.80 bits per heavy atom. The second kappa shape index (κ2) is 12.4. The summed E-state index contributed by atoms with van der Waals surface area (Å²) in [5.74, 6) is -1.35. The normalized spacial score (nSPS) is 17.4. The molecule has 14 heteroatoms. The fourth-order valence-electron chi connectivity index (χ4n) is 4.55. The van der Waals surface area contributed by atoms with Crippen LogP contribution in [0.1, 0.15) is 41.5 Å². The molecule has 1 aromatic carbocycles. The largest absolute Gasteiger partial charge is 0.494 e. The highest BCUT2D eigenvalue weighted by Gasteiger charge is 2.26. The highest BCUT2D eigenvalue weighted by Crippen LogP contribution is 2.32. The molecule has 0 bridgehead atoms. The van der Waals surface area contributed by atoms with Gasteiger partial charge in [-0.05, 0) is 19.3 Å². The van der Waals surface area contributed by atoms with E-state index in [1.807, 2.05) is 0 Å². The van der Waals surface area contributed by atoms with Crippen molar-refractivity contribution in [2.24, 2.45) is 0 Å². The lowest BCUT2D eigenvalue weighted by Gasteiger charge is -2.26. The number of rotatable bonds is 9. The number of benzene rings is 1. The van der Waals surface area contributed by atoms with Crippen LogP contribution in [0.25, 0.3) is 0 Å². The summed E-state index contributed by atoms with van der Waals surface area (Å²) in [6.07, 6.45) is 5.11. The number of nitrogens with zero attached hydrogens (tertiary/aromatic N) is 5. The maximum Gasteiger partial charge on any atom is 0.274 e. The minimum absolute atomic E-state index is 0.155. The first-order chi connectivity index (χ1) is 19.5. The number of carbonyl (C=O) groups excluding carboxylic acids is 1. The number of anilines is 2. The maximum atomic E-state index is 14.6. The molecule has 5 rings (SSSR count). The Labute approximate surface area is 229 Å². The number of hydrogen-bond acceptors (Lipinski definition) is 10. The van der Waals surface area contributed by atoms with Gasteiger partial charge in [0.05, 0.1) is 32.2 Å². The van der Waals surface area contributed by atoms with E-state index in [2.05, 4.69) is 25.7 Å². The topological polar surface area (TPSA) is 125 Å². The minimum Gasteiger partial charge on any atom is -0.494 e. The average Bonchev–Trinajstić information content (AvgIpc) is 3.42. The number of nitrogens with one attached hydrogen (secondary N) is 2. The van der Waals surface area contributed by atoms with Crippen LogP contribution < -0.4 is 24.8 Å². The molecule has 0 radical (unpaired) electrons. The molecule has 2 fully saturated rings. The average molecular weight is 560 g/mol. The lowest BCUT2D eigenvalue weighted by molar-refractivity contribution is -0.0382. The highest BCUT2D eigenvalue weighted by atomic mass is 19.1. The monoisotopic (exact) mass is 559 g/mol. The lowest BCUT2D eigenvalue weighted by atomic mass is 10.1. The van der Waals surface area contributed by atoms with E-state index in [0.29, 0.717) is 31.2 Å². The van der Waals surface area contributed by atoms with Crippen LogP contribution in [0, 0.1) is 11.6 Å². The number of carbonyl (C=O) groups is 1. The molecule has 0 aliphatic carbocycles. The van der Waals surface area contributed by atoms with Crippen molar-refractivity contribution in [3.05, 3.63) is 47.4 Å². The Hall–Kier alpha value is -4.04. The fraction of sp³-hybridized carbons (Fsp3) is 0.462. The van der Waals surface area contributed by atoms with Gasteiger partial charge in [-0.15, -0.1) is 0 Å². The predicted molar refractivity (Wildman–Crippen MR) is 139 cm³/mol. The van der Waals surface area contributed by atoms with Crippen LogP contribution >= 0.6 is 0 Å². The van der Waals surface area contributed by atoms with E-state index in [1.54, 1.807) is 15.6 Å². The van der Waals surface area contributed by atoms with Crippen LogP contribution in [-0.4, -0.2) is 77.6 Å². The van der Waals surface area contributed by atoms with Gasteiger partial charge in [0.15, 0.2) is 40.8 Å². The lowest BCUT2D eigenvalue weighted by Crippen LogP contribution is -2.46. The van der Waals surface area contributed by atoms with Gasteiger partial charge in [-0.25, -0.2) is 23.4 Å². The van der Waals surface area contributed by atoms with E-state index in [1.165, 1.54) is 26.6 Å². The fourth-order valence-corrected chi connectivity index (χ4v) is 4.55. The van der Waals surface area contributed by atoms with Gasteiger partial charge in [0.25, 0.3) is 5.91 Å². The molecule has 2 aliphatic heterocycles. The molecule has 2 N–H and O–H groups in total. The Kier molecular flexibility index (Phi) is 8.55. The zero-order valence-electron chi connectivity index (χ0n) is 22.3. The molecule has 1 atom stereocenters. The Morgan fingerprint density at radius 3 is 2.42 bits per heavy atom. The van der Waals surface area contributed by atoms with Gasteiger partial charge in [-0.3, -0.25) is 4.79 Å². The molecular weight excluding hydrogens is 528 g/mol. The van der Waals surface area contributed by atoms with Crippen LogP contribution in [0.4, 0.5) is 20.5 Å². The second-order valence-corrected chi connectivity index (χ2v) is 9.27. The third kappa shape index (κ3) is 5.92. The van der Waals surface area contributed by atoms with Crippen molar-refractivity contribution in [2.75, 3.05) is 52.3 Å². The summed E-state index contributed by atoms with van der Waals surface area (Å²) in [4.78, 5) is 23.4. The number of amides is 1. The summed E-state index contributed by atoms with van der Waals surface area (Å²) >= 11 is 0. The van der Waals surface area contributed by atoms with Crippen LogP contribution in [0.5, 0.6) is 17.2 Å². The molecule has 4 heterocycles. The summed E-state index contributed by atoms with van der Waals surface area (Å²) < 4.78 is 52.3. The van der Waals surface area contributed by atoms with Gasteiger partial charge in [-0.2, -0.15) is 5.10 Å². The number of ether oxygens (including phenoxy) is 4. The first-order valence-corrected chi connectivity index (χ1v) is 13.0. The SMILES string of the molecule is COc1cc(OC)c(F)c(COc2cnc(Nc3cc(C(=O)N4CCNCC4)nn3C3CCCCO3)nc2)c1F. The molecule has 12 nitrogen and oxygen atoms in total. The van der Waals surface area contributed by atoms with Gasteiger partial charge in [0.2, 0.25) is 5.95 Å². The second-order valence-electron chi connectivity index (χ2n) is 9.27.